The van der Waals surface area contributed by atoms with Crippen LogP contribution in [-0.4, -0.2) is 31.1 Å². The van der Waals surface area contributed by atoms with Gasteiger partial charge in [0.25, 0.3) is 0 Å². The van der Waals surface area contributed by atoms with Crippen LogP contribution < -0.4 is 10.0 Å². The summed E-state index contributed by atoms with van der Waals surface area (Å²) in [6.07, 6.45) is 1.51. The van der Waals surface area contributed by atoms with Crippen molar-refractivity contribution >= 4 is 38.5 Å². The van der Waals surface area contributed by atoms with Crippen molar-refractivity contribution in [2.45, 2.75) is 26.2 Å². The summed E-state index contributed by atoms with van der Waals surface area (Å²) in [6, 6.07) is 9.09. The van der Waals surface area contributed by atoms with Gasteiger partial charge in [-0.3, -0.25) is 4.79 Å². The monoisotopic (exact) mass is 380 g/mol. The molecule has 9 heteroatoms. The first kappa shape index (κ1) is 19.2. The SMILES string of the molecule is CC(C)c1nnc(NC(=O)CCNS(=O)(=O)C=Cc2ccccc2)s1. The van der Waals surface area contributed by atoms with Crippen molar-refractivity contribution in [1.29, 1.82) is 0 Å². The van der Waals surface area contributed by atoms with Crippen LogP contribution in [0.15, 0.2) is 35.7 Å². The molecule has 25 heavy (non-hydrogen) atoms. The number of anilines is 1. The molecule has 1 amide bonds. The molecule has 2 rings (SSSR count). The molecule has 0 saturated carbocycles. The number of amides is 1. The second kappa shape index (κ2) is 8.84. The zero-order valence-corrected chi connectivity index (χ0v) is 15.6. The maximum atomic E-state index is 11.9. The van der Waals surface area contributed by atoms with Gasteiger partial charge < -0.3 is 5.32 Å². The predicted molar refractivity (Wildman–Crippen MR) is 99.6 cm³/mol. The van der Waals surface area contributed by atoms with Gasteiger partial charge in [-0.1, -0.05) is 55.5 Å². The number of carbonyl (C=O) groups is 1. The predicted octanol–water partition coefficient (Wildman–Crippen LogP) is 2.58. The summed E-state index contributed by atoms with van der Waals surface area (Å²) in [4.78, 5) is 11.8. The Balaban J connectivity index is 1.78. The van der Waals surface area contributed by atoms with Gasteiger partial charge in [-0.25, -0.2) is 13.1 Å². The Morgan fingerprint density at radius 2 is 1.96 bits per heavy atom. The molecule has 0 spiro atoms. The molecular formula is C16H20N4O3S2. The quantitative estimate of drug-likeness (QED) is 0.733. The van der Waals surface area contributed by atoms with Crippen molar-refractivity contribution in [2.75, 3.05) is 11.9 Å². The molecule has 1 heterocycles. The van der Waals surface area contributed by atoms with E-state index in [-0.39, 0.29) is 24.8 Å². The third-order valence-electron chi connectivity index (χ3n) is 3.08. The molecule has 0 radical (unpaired) electrons. The summed E-state index contributed by atoms with van der Waals surface area (Å²) in [5.41, 5.74) is 0.780. The highest BCUT2D eigenvalue weighted by atomic mass is 32.2. The topological polar surface area (TPSA) is 101 Å². The Morgan fingerprint density at radius 3 is 2.60 bits per heavy atom. The molecule has 0 aliphatic heterocycles. The number of rotatable bonds is 8. The Labute approximate surface area is 151 Å². The van der Waals surface area contributed by atoms with E-state index in [0.29, 0.717) is 5.13 Å². The van der Waals surface area contributed by atoms with E-state index >= 15 is 0 Å². The minimum absolute atomic E-state index is 0.00311. The highest BCUT2D eigenvalue weighted by molar-refractivity contribution is 7.92. The molecule has 134 valence electrons. The molecule has 0 fully saturated rings. The fourth-order valence-electron chi connectivity index (χ4n) is 1.79. The maximum absolute atomic E-state index is 11.9. The van der Waals surface area contributed by atoms with Gasteiger partial charge in [0.15, 0.2) is 0 Å². The number of hydrogen-bond acceptors (Lipinski definition) is 6. The minimum Gasteiger partial charge on any atom is -0.300 e. The van der Waals surface area contributed by atoms with Crippen molar-refractivity contribution in [3.05, 3.63) is 46.3 Å². The normalized spacial score (nSPS) is 12.0. The lowest BCUT2D eigenvalue weighted by Crippen LogP contribution is -2.26. The van der Waals surface area contributed by atoms with E-state index in [1.54, 1.807) is 12.1 Å². The van der Waals surface area contributed by atoms with E-state index in [1.807, 2.05) is 32.0 Å². The average Bonchev–Trinajstić information content (AvgIpc) is 3.02. The molecule has 7 nitrogen and oxygen atoms in total. The molecule has 0 aliphatic rings. The highest BCUT2D eigenvalue weighted by Gasteiger charge is 2.11. The van der Waals surface area contributed by atoms with Crippen LogP contribution in [-0.2, 0) is 14.8 Å². The number of nitrogens with zero attached hydrogens (tertiary/aromatic N) is 2. The third-order valence-corrected chi connectivity index (χ3v) is 5.32. The smallest absolute Gasteiger partial charge is 0.233 e. The standard InChI is InChI=1S/C16H20N4O3S2/c1-12(2)15-19-20-16(24-15)18-14(21)8-10-17-25(22,23)11-9-13-6-4-3-5-7-13/h3-7,9,11-12,17H,8,10H2,1-2H3,(H,18,20,21). The van der Waals surface area contributed by atoms with Crippen LogP contribution in [0.25, 0.3) is 6.08 Å². The van der Waals surface area contributed by atoms with Gasteiger partial charge in [0, 0.05) is 24.3 Å². The highest BCUT2D eigenvalue weighted by Crippen LogP contribution is 2.22. The maximum Gasteiger partial charge on any atom is 0.233 e. The largest absolute Gasteiger partial charge is 0.300 e. The Hall–Kier alpha value is -2.10. The van der Waals surface area contributed by atoms with Crippen LogP contribution in [0.3, 0.4) is 0 Å². The fourth-order valence-corrected chi connectivity index (χ4v) is 3.37. The Morgan fingerprint density at radius 1 is 1.24 bits per heavy atom. The molecule has 0 saturated heterocycles. The van der Waals surface area contributed by atoms with Crippen LogP contribution in [0.1, 0.15) is 36.8 Å². The number of sulfonamides is 1. The van der Waals surface area contributed by atoms with E-state index in [1.165, 1.54) is 17.4 Å². The lowest BCUT2D eigenvalue weighted by atomic mass is 10.2. The number of aromatic nitrogens is 2. The van der Waals surface area contributed by atoms with Gasteiger partial charge in [-0.05, 0) is 11.6 Å². The fraction of sp³-hybridized carbons (Fsp3) is 0.312. The van der Waals surface area contributed by atoms with Crippen molar-refractivity contribution in [3.8, 4) is 0 Å². The van der Waals surface area contributed by atoms with Gasteiger partial charge in [-0.15, -0.1) is 10.2 Å². The van der Waals surface area contributed by atoms with E-state index in [4.69, 9.17) is 0 Å². The summed E-state index contributed by atoms with van der Waals surface area (Å²) in [7, 11) is -3.59. The van der Waals surface area contributed by atoms with E-state index in [0.717, 1.165) is 16.0 Å². The second-order valence-corrected chi connectivity index (χ2v) is 8.21. The lowest BCUT2D eigenvalue weighted by molar-refractivity contribution is -0.116. The third kappa shape index (κ3) is 6.73. The Bertz CT molecular complexity index is 830. The van der Waals surface area contributed by atoms with E-state index in [2.05, 4.69) is 20.2 Å². The first-order valence-electron chi connectivity index (χ1n) is 7.72. The molecule has 2 aromatic rings. The van der Waals surface area contributed by atoms with Crippen molar-refractivity contribution in [2.24, 2.45) is 0 Å². The zero-order chi connectivity index (χ0) is 18.3. The molecule has 2 N–H and O–H groups in total. The number of carbonyl (C=O) groups excluding carboxylic acids is 1. The molecule has 0 bridgehead atoms. The second-order valence-electron chi connectivity index (χ2n) is 5.55. The zero-order valence-electron chi connectivity index (χ0n) is 14.0. The number of benzene rings is 1. The van der Waals surface area contributed by atoms with Gasteiger partial charge in [-0.2, -0.15) is 0 Å². The number of hydrogen-bond donors (Lipinski definition) is 2. The molecule has 0 atom stereocenters. The molecule has 0 unspecified atom stereocenters. The Kier molecular flexibility index (Phi) is 6.80. The summed E-state index contributed by atoms with van der Waals surface area (Å²) < 4.78 is 26.1. The van der Waals surface area contributed by atoms with Crippen LogP contribution in [0.5, 0.6) is 0 Å². The van der Waals surface area contributed by atoms with Gasteiger partial charge in [0.2, 0.25) is 21.1 Å². The van der Waals surface area contributed by atoms with E-state index < -0.39 is 10.0 Å². The number of nitrogens with one attached hydrogen (secondary N) is 2. The lowest BCUT2D eigenvalue weighted by Gasteiger charge is -2.03. The summed E-state index contributed by atoms with van der Waals surface area (Å²) in [6.45, 7) is 3.98. The van der Waals surface area contributed by atoms with Crippen LogP contribution >= 0.6 is 11.3 Å². The van der Waals surface area contributed by atoms with Crippen molar-refractivity contribution in [3.63, 3.8) is 0 Å². The molecule has 0 aliphatic carbocycles. The summed E-state index contributed by atoms with van der Waals surface area (Å²) >= 11 is 1.31. The van der Waals surface area contributed by atoms with Crippen molar-refractivity contribution < 1.29 is 13.2 Å². The van der Waals surface area contributed by atoms with Gasteiger partial charge in [0.05, 0.1) is 0 Å². The van der Waals surface area contributed by atoms with Crippen LogP contribution in [0.4, 0.5) is 5.13 Å². The van der Waals surface area contributed by atoms with Gasteiger partial charge >= 0.3 is 0 Å². The van der Waals surface area contributed by atoms with Crippen LogP contribution in [0, 0.1) is 0 Å². The van der Waals surface area contributed by atoms with Gasteiger partial charge in [0.1, 0.15) is 5.01 Å². The van der Waals surface area contributed by atoms with Crippen molar-refractivity contribution in [1.82, 2.24) is 14.9 Å². The molecule has 1 aromatic carbocycles. The van der Waals surface area contributed by atoms with Crippen LogP contribution in [0.2, 0.25) is 0 Å². The first-order valence-corrected chi connectivity index (χ1v) is 10.1. The summed E-state index contributed by atoms with van der Waals surface area (Å²) in [5, 5.41) is 12.8. The summed E-state index contributed by atoms with van der Waals surface area (Å²) in [5.74, 6) is -0.0763. The average molecular weight is 380 g/mol. The first-order chi connectivity index (χ1) is 11.9. The van der Waals surface area contributed by atoms with E-state index in [9.17, 15) is 13.2 Å². The molecule has 1 aromatic heterocycles. The molecular weight excluding hydrogens is 360 g/mol. The minimum atomic E-state index is -3.59.